The van der Waals surface area contributed by atoms with Gasteiger partial charge in [-0.15, -0.1) is 0 Å². The molecular weight excluding hydrogens is 316 g/mol. The molecule has 0 saturated carbocycles. The zero-order valence-electron chi connectivity index (χ0n) is 15.2. The molecule has 3 amide bonds. The van der Waals surface area contributed by atoms with Gasteiger partial charge in [-0.1, -0.05) is 13.0 Å². The highest BCUT2D eigenvalue weighted by molar-refractivity contribution is 5.96. The van der Waals surface area contributed by atoms with Crippen molar-refractivity contribution < 1.29 is 9.59 Å². The Kier molecular flexibility index (Phi) is 4.97. The van der Waals surface area contributed by atoms with E-state index in [2.05, 4.69) is 29.1 Å². The molecule has 0 spiro atoms. The summed E-state index contributed by atoms with van der Waals surface area (Å²) in [5, 5.41) is 4.12. The van der Waals surface area contributed by atoms with Gasteiger partial charge in [0.15, 0.2) is 0 Å². The zero-order chi connectivity index (χ0) is 18.0. The highest BCUT2D eigenvalue weighted by Gasteiger charge is 2.34. The zero-order valence-corrected chi connectivity index (χ0v) is 15.2. The minimum Gasteiger partial charge on any atom is -0.347 e. The summed E-state index contributed by atoms with van der Waals surface area (Å²) in [6.07, 6.45) is 4.72. The number of nitrogens with one attached hydrogen (secondary N) is 1. The number of aryl methyl sites for hydroxylation is 1. The lowest BCUT2D eigenvalue weighted by Gasteiger charge is -2.26. The molecule has 1 N–H and O–H groups in total. The number of fused-ring (bicyclic) bond motifs is 1. The van der Waals surface area contributed by atoms with Crippen LogP contribution in [0.5, 0.6) is 0 Å². The Morgan fingerprint density at radius 1 is 1.28 bits per heavy atom. The molecule has 3 rings (SSSR count). The first-order chi connectivity index (χ1) is 12.0. The number of likely N-dealkylation sites (N-methyl/N-ethyl adjacent to an activating group) is 1. The maximum Gasteiger partial charge on any atom is 0.322 e. The summed E-state index contributed by atoms with van der Waals surface area (Å²) in [6, 6.07) is 7.46. The average Bonchev–Trinajstić information content (AvgIpc) is 3.22. The predicted octanol–water partition coefficient (Wildman–Crippen LogP) is 3.14. The van der Waals surface area contributed by atoms with E-state index >= 15 is 0 Å². The highest BCUT2D eigenvalue weighted by atomic mass is 16.2. The first-order valence-corrected chi connectivity index (χ1v) is 8.89. The summed E-state index contributed by atoms with van der Waals surface area (Å²) in [7, 11) is 3.46. The molecule has 1 saturated heterocycles. The van der Waals surface area contributed by atoms with Gasteiger partial charge < -0.3 is 19.7 Å². The van der Waals surface area contributed by atoms with Gasteiger partial charge in [-0.2, -0.15) is 0 Å². The second kappa shape index (κ2) is 7.17. The Bertz CT molecular complexity index is 781. The molecule has 1 aromatic carbocycles. The lowest BCUT2D eigenvalue weighted by molar-refractivity contribution is -0.132. The van der Waals surface area contributed by atoms with E-state index in [4.69, 9.17) is 0 Å². The number of benzene rings is 1. The molecule has 2 heterocycles. The molecule has 2 aromatic rings. The number of amides is 3. The summed E-state index contributed by atoms with van der Waals surface area (Å²) in [5.74, 6) is -0.0140. The van der Waals surface area contributed by atoms with Crippen molar-refractivity contribution >= 4 is 28.5 Å². The molecule has 1 aromatic heterocycles. The SMILES string of the molecule is CCCn1ccc2ccc(NC(=O)N3CCC[C@H]3C(=O)N(C)C)cc21. The summed E-state index contributed by atoms with van der Waals surface area (Å²) < 4.78 is 2.19. The third-order valence-electron chi connectivity index (χ3n) is 4.73. The van der Waals surface area contributed by atoms with Crippen LogP contribution in [0.4, 0.5) is 10.5 Å². The largest absolute Gasteiger partial charge is 0.347 e. The summed E-state index contributed by atoms with van der Waals surface area (Å²) in [5.41, 5.74) is 1.87. The van der Waals surface area contributed by atoms with Gasteiger partial charge in [0.1, 0.15) is 6.04 Å². The van der Waals surface area contributed by atoms with Crippen molar-refractivity contribution in [3.8, 4) is 0 Å². The molecule has 25 heavy (non-hydrogen) atoms. The molecule has 0 aliphatic carbocycles. The van der Waals surface area contributed by atoms with Gasteiger partial charge in [0, 0.05) is 39.1 Å². The van der Waals surface area contributed by atoms with Crippen LogP contribution in [0.1, 0.15) is 26.2 Å². The van der Waals surface area contributed by atoms with Gasteiger partial charge in [-0.25, -0.2) is 4.79 Å². The van der Waals surface area contributed by atoms with E-state index in [-0.39, 0.29) is 18.0 Å². The van der Waals surface area contributed by atoms with Crippen LogP contribution in [0.25, 0.3) is 10.9 Å². The second-order valence-electron chi connectivity index (χ2n) is 6.80. The van der Waals surface area contributed by atoms with Crippen molar-refractivity contribution in [3.63, 3.8) is 0 Å². The minimum absolute atomic E-state index is 0.0140. The number of carbonyl (C=O) groups is 2. The van der Waals surface area contributed by atoms with Crippen molar-refractivity contribution in [2.45, 2.75) is 38.8 Å². The topological polar surface area (TPSA) is 57.6 Å². The van der Waals surface area contributed by atoms with E-state index in [0.717, 1.165) is 42.4 Å². The van der Waals surface area contributed by atoms with Crippen LogP contribution >= 0.6 is 0 Å². The molecule has 134 valence electrons. The molecule has 1 atom stereocenters. The van der Waals surface area contributed by atoms with Crippen molar-refractivity contribution in [1.82, 2.24) is 14.4 Å². The van der Waals surface area contributed by atoms with E-state index in [0.29, 0.717) is 6.54 Å². The van der Waals surface area contributed by atoms with Crippen LogP contribution in [0, 0.1) is 0 Å². The van der Waals surface area contributed by atoms with Gasteiger partial charge in [0.2, 0.25) is 5.91 Å². The number of likely N-dealkylation sites (tertiary alicyclic amines) is 1. The van der Waals surface area contributed by atoms with Crippen molar-refractivity contribution in [2.24, 2.45) is 0 Å². The average molecular weight is 342 g/mol. The van der Waals surface area contributed by atoms with E-state index in [9.17, 15) is 9.59 Å². The number of hydrogen-bond acceptors (Lipinski definition) is 2. The maximum atomic E-state index is 12.7. The van der Waals surface area contributed by atoms with Crippen LogP contribution in [-0.4, -0.2) is 53.0 Å². The molecular formula is C19H26N4O2. The fourth-order valence-corrected chi connectivity index (χ4v) is 3.46. The summed E-state index contributed by atoms with van der Waals surface area (Å²) >= 11 is 0. The molecule has 6 nitrogen and oxygen atoms in total. The van der Waals surface area contributed by atoms with Gasteiger partial charge in [0.05, 0.1) is 5.52 Å². The van der Waals surface area contributed by atoms with Crippen LogP contribution in [-0.2, 0) is 11.3 Å². The minimum atomic E-state index is -0.359. The molecule has 0 unspecified atom stereocenters. The second-order valence-corrected chi connectivity index (χ2v) is 6.80. The Hall–Kier alpha value is -2.50. The molecule has 0 bridgehead atoms. The number of urea groups is 1. The van der Waals surface area contributed by atoms with Crippen molar-refractivity contribution in [3.05, 3.63) is 30.5 Å². The number of nitrogens with zero attached hydrogens (tertiary/aromatic N) is 3. The first-order valence-electron chi connectivity index (χ1n) is 8.89. The number of carbonyl (C=O) groups excluding carboxylic acids is 2. The first kappa shape index (κ1) is 17.3. The Morgan fingerprint density at radius 2 is 2.08 bits per heavy atom. The van der Waals surface area contributed by atoms with Gasteiger partial charge in [-0.3, -0.25) is 4.79 Å². The van der Waals surface area contributed by atoms with E-state index in [1.54, 1.807) is 23.9 Å². The van der Waals surface area contributed by atoms with Crippen molar-refractivity contribution in [2.75, 3.05) is 26.0 Å². The molecule has 1 fully saturated rings. The standard InChI is InChI=1S/C19H26N4O2/c1-4-10-22-12-9-14-7-8-15(13-17(14)22)20-19(25)23-11-5-6-16(23)18(24)21(2)3/h7-9,12-13,16H,4-6,10-11H2,1-3H3,(H,20,25)/t16-/m0/s1. The fraction of sp³-hybridized carbons (Fsp3) is 0.474. The van der Waals surface area contributed by atoms with Crippen LogP contribution < -0.4 is 5.32 Å². The van der Waals surface area contributed by atoms with Gasteiger partial charge >= 0.3 is 6.03 Å². The van der Waals surface area contributed by atoms with Gasteiger partial charge in [-0.05, 0) is 42.8 Å². The quantitative estimate of drug-likeness (QED) is 0.928. The smallest absolute Gasteiger partial charge is 0.322 e. The van der Waals surface area contributed by atoms with Crippen molar-refractivity contribution in [1.29, 1.82) is 0 Å². The van der Waals surface area contributed by atoms with Crippen LogP contribution in [0.3, 0.4) is 0 Å². The maximum absolute atomic E-state index is 12.7. The monoisotopic (exact) mass is 342 g/mol. The predicted molar refractivity (Wildman–Crippen MR) is 99.7 cm³/mol. The fourth-order valence-electron chi connectivity index (χ4n) is 3.46. The normalized spacial score (nSPS) is 17.1. The Morgan fingerprint density at radius 3 is 2.80 bits per heavy atom. The number of aromatic nitrogens is 1. The number of anilines is 1. The van der Waals surface area contributed by atoms with E-state index in [1.165, 1.54) is 0 Å². The molecule has 1 aliphatic heterocycles. The molecule has 1 aliphatic rings. The molecule has 6 heteroatoms. The third kappa shape index (κ3) is 3.48. The Labute approximate surface area is 148 Å². The molecule has 0 radical (unpaired) electrons. The lowest BCUT2D eigenvalue weighted by atomic mass is 10.2. The summed E-state index contributed by atoms with van der Waals surface area (Å²) in [6.45, 7) is 3.71. The number of rotatable bonds is 4. The lowest BCUT2D eigenvalue weighted by Crippen LogP contribution is -2.47. The third-order valence-corrected chi connectivity index (χ3v) is 4.73. The van der Waals surface area contributed by atoms with E-state index in [1.807, 2.05) is 18.2 Å². The number of hydrogen-bond donors (Lipinski definition) is 1. The van der Waals surface area contributed by atoms with E-state index < -0.39 is 0 Å². The van der Waals surface area contributed by atoms with Gasteiger partial charge in [0.25, 0.3) is 0 Å². The Balaban J connectivity index is 1.77. The highest BCUT2D eigenvalue weighted by Crippen LogP contribution is 2.23. The van der Waals surface area contributed by atoms with Crippen LogP contribution in [0.2, 0.25) is 0 Å². The van der Waals surface area contributed by atoms with Crippen LogP contribution in [0.15, 0.2) is 30.5 Å². The summed E-state index contributed by atoms with van der Waals surface area (Å²) in [4.78, 5) is 28.2.